The second-order valence-corrected chi connectivity index (χ2v) is 3.91. The van der Waals surface area contributed by atoms with E-state index in [0.29, 0.717) is 13.1 Å². The number of likely N-dealkylation sites (N-methyl/N-ethyl adjacent to an activating group) is 1. The Balaban J connectivity index is 2.12. The Hall–Kier alpha value is -1.81. The molecule has 0 saturated heterocycles. The summed E-state index contributed by atoms with van der Waals surface area (Å²) in [6.45, 7) is 2.89. The van der Waals surface area contributed by atoms with Crippen molar-refractivity contribution < 1.29 is 9.21 Å². The number of hydrogen-bond donors (Lipinski definition) is 2. The highest BCUT2D eigenvalue weighted by atomic mass is 16.3. The van der Waals surface area contributed by atoms with Gasteiger partial charge in [-0.2, -0.15) is 0 Å². The Morgan fingerprint density at radius 1 is 1.35 bits per heavy atom. The molecule has 4 heteroatoms. The number of nitrogens with one attached hydrogen (secondary N) is 2. The SMILES string of the molecule is CNC(=O)CNCc1c(C)oc2ccccc12. The maximum atomic E-state index is 11.1. The van der Waals surface area contributed by atoms with Gasteiger partial charge in [0.05, 0.1) is 6.54 Å². The fraction of sp³-hybridized carbons (Fsp3) is 0.308. The minimum Gasteiger partial charge on any atom is -0.461 e. The molecule has 2 rings (SSSR count). The van der Waals surface area contributed by atoms with Crippen molar-refractivity contribution >= 4 is 16.9 Å². The molecule has 4 nitrogen and oxygen atoms in total. The molecule has 0 spiro atoms. The van der Waals surface area contributed by atoms with Crippen LogP contribution in [0.5, 0.6) is 0 Å². The standard InChI is InChI=1S/C13H16N2O2/c1-9-11(7-15-8-13(16)14-2)10-5-3-4-6-12(10)17-9/h3-6,15H,7-8H2,1-2H3,(H,14,16). The lowest BCUT2D eigenvalue weighted by atomic mass is 10.1. The van der Waals surface area contributed by atoms with Crippen molar-refractivity contribution in [1.29, 1.82) is 0 Å². The van der Waals surface area contributed by atoms with E-state index in [9.17, 15) is 4.79 Å². The number of fused-ring (bicyclic) bond motifs is 1. The molecular formula is C13H16N2O2. The molecule has 0 bridgehead atoms. The van der Waals surface area contributed by atoms with Gasteiger partial charge in [-0.1, -0.05) is 18.2 Å². The highest BCUT2D eigenvalue weighted by Gasteiger charge is 2.09. The zero-order valence-electron chi connectivity index (χ0n) is 10.0. The number of amides is 1. The van der Waals surface area contributed by atoms with Crippen molar-refractivity contribution in [3.05, 3.63) is 35.6 Å². The van der Waals surface area contributed by atoms with Gasteiger partial charge in [0.15, 0.2) is 0 Å². The van der Waals surface area contributed by atoms with Gasteiger partial charge in [0, 0.05) is 24.5 Å². The van der Waals surface area contributed by atoms with Gasteiger partial charge >= 0.3 is 0 Å². The fourth-order valence-electron chi connectivity index (χ4n) is 1.83. The fourth-order valence-corrected chi connectivity index (χ4v) is 1.83. The van der Waals surface area contributed by atoms with E-state index in [1.165, 1.54) is 0 Å². The molecule has 0 aliphatic heterocycles. The Morgan fingerprint density at radius 2 is 2.12 bits per heavy atom. The third-order valence-electron chi connectivity index (χ3n) is 2.77. The van der Waals surface area contributed by atoms with E-state index in [-0.39, 0.29) is 5.91 Å². The Labute approximate surface area is 100.0 Å². The number of aryl methyl sites for hydroxylation is 1. The van der Waals surface area contributed by atoms with E-state index in [2.05, 4.69) is 10.6 Å². The maximum Gasteiger partial charge on any atom is 0.233 e. The van der Waals surface area contributed by atoms with Crippen LogP contribution >= 0.6 is 0 Å². The summed E-state index contributed by atoms with van der Waals surface area (Å²) in [7, 11) is 1.63. The summed E-state index contributed by atoms with van der Waals surface area (Å²) in [6.07, 6.45) is 0. The summed E-state index contributed by atoms with van der Waals surface area (Å²) in [5, 5.41) is 6.78. The molecule has 2 aromatic rings. The van der Waals surface area contributed by atoms with Gasteiger partial charge in [-0.3, -0.25) is 4.79 Å². The minimum absolute atomic E-state index is 0.0181. The van der Waals surface area contributed by atoms with Crippen LogP contribution in [-0.4, -0.2) is 19.5 Å². The average Bonchev–Trinajstić information content (AvgIpc) is 2.66. The number of carbonyl (C=O) groups is 1. The first kappa shape index (κ1) is 11.7. The van der Waals surface area contributed by atoms with Crippen LogP contribution in [0.25, 0.3) is 11.0 Å². The van der Waals surface area contributed by atoms with E-state index in [0.717, 1.165) is 22.3 Å². The second kappa shape index (κ2) is 5.01. The van der Waals surface area contributed by atoms with Crippen molar-refractivity contribution in [3.8, 4) is 0 Å². The van der Waals surface area contributed by atoms with E-state index >= 15 is 0 Å². The third kappa shape index (κ3) is 2.47. The summed E-state index contributed by atoms with van der Waals surface area (Å²) in [5.41, 5.74) is 2.01. The molecule has 0 saturated carbocycles. The summed E-state index contributed by atoms with van der Waals surface area (Å²) in [6, 6.07) is 7.92. The van der Waals surface area contributed by atoms with E-state index < -0.39 is 0 Å². The van der Waals surface area contributed by atoms with Crippen LogP contribution in [0.4, 0.5) is 0 Å². The molecule has 0 fully saturated rings. The lowest BCUT2D eigenvalue weighted by Gasteiger charge is -2.03. The topological polar surface area (TPSA) is 54.3 Å². The third-order valence-corrected chi connectivity index (χ3v) is 2.77. The van der Waals surface area contributed by atoms with E-state index in [1.54, 1.807) is 7.05 Å². The predicted molar refractivity (Wildman–Crippen MR) is 66.7 cm³/mol. The van der Waals surface area contributed by atoms with Crippen LogP contribution < -0.4 is 10.6 Å². The van der Waals surface area contributed by atoms with Crippen LogP contribution in [0, 0.1) is 6.92 Å². The highest BCUT2D eigenvalue weighted by molar-refractivity contribution is 5.82. The van der Waals surface area contributed by atoms with E-state index in [1.807, 2.05) is 31.2 Å². The smallest absolute Gasteiger partial charge is 0.233 e. The first-order chi connectivity index (χ1) is 8.22. The van der Waals surface area contributed by atoms with Crippen LogP contribution in [0.15, 0.2) is 28.7 Å². The Morgan fingerprint density at radius 3 is 2.88 bits per heavy atom. The van der Waals surface area contributed by atoms with Gasteiger partial charge in [-0.25, -0.2) is 0 Å². The van der Waals surface area contributed by atoms with Crippen LogP contribution in [0.3, 0.4) is 0 Å². The Kier molecular flexibility index (Phi) is 3.44. The summed E-state index contributed by atoms with van der Waals surface area (Å²) in [4.78, 5) is 11.1. The van der Waals surface area contributed by atoms with Crippen LogP contribution in [0.2, 0.25) is 0 Å². The monoisotopic (exact) mass is 232 g/mol. The lowest BCUT2D eigenvalue weighted by Crippen LogP contribution is -2.31. The zero-order chi connectivity index (χ0) is 12.3. The molecule has 1 aromatic carbocycles. The molecule has 0 aliphatic rings. The van der Waals surface area contributed by atoms with Crippen molar-refractivity contribution in [3.63, 3.8) is 0 Å². The molecule has 0 aliphatic carbocycles. The zero-order valence-corrected chi connectivity index (χ0v) is 10.0. The molecule has 0 radical (unpaired) electrons. The molecular weight excluding hydrogens is 216 g/mol. The molecule has 2 N–H and O–H groups in total. The number of benzene rings is 1. The minimum atomic E-state index is -0.0181. The first-order valence-electron chi connectivity index (χ1n) is 5.60. The summed E-state index contributed by atoms with van der Waals surface area (Å²) in [5.74, 6) is 0.881. The molecule has 90 valence electrons. The number of rotatable bonds is 4. The second-order valence-electron chi connectivity index (χ2n) is 3.91. The Bertz CT molecular complexity index is 531. The van der Waals surface area contributed by atoms with Gasteiger partial charge in [-0.05, 0) is 13.0 Å². The predicted octanol–water partition coefficient (Wildman–Crippen LogP) is 1.58. The average molecular weight is 232 g/mol. The van der Waals surface area contributed by atoms with Gasteiger partial charge in [0.1, 0.15) is 11.3 Å². The number of para-hydroxylation sites is 1. The van der Waals surface area contributed by atoms with Crippen LogP contribution in [-0.2, 0) is 11.3 Å². The van der Waals surface area contributed by atoms with Crippen LogP contribution in [0.1, 0.15) is 11.3 Å². The van der Waals surface area contributed by atoms with Crippen molar-refractivity contribution in [2.24, 2.45) is 0 Å². The largest absolute Gasteiger partial charge is 0.461 e. The molecule has 0 atom stereocenters. The van der Waals surface area contributed by atoms with Crippen molar-refractivity contribution in [2.45, 2.75) is 13.5 Å². The number of furan rings is 1. The normalized spacial score (nSPS) is 10.7. The molecule has 0 unspecified atom stereocenters. The van der Waals surface area contributed by atoms with Crippen molar-refractivity contribution in [1.82, 2.24) is 10.6 Å². The van der Waals surface area contributed by atoms with Gasteiger partial charge in [-0.15, -0.1) is 0 Å². The van der Waals surface area contributed by atoms with Crippen molar-refractivity contribution in [2.75, 3.05) is 13.6 Å². The maximum absolute atomic E-state index is 11.1. The quantitative estimate of drug-likeness (QED) is 0.841. The molecule has 1 heterocycles. The molecule has 1 aromatic heterocycles. The first-order valence-corrected chi connectivity index (χ1v) is 5.60. The number of carbonyl (C=O) groups excluding carboxylic acids is 1. The summed E-state index contributed by atoms with van der Waals surface area (Å²) >= 11 is 0. The van der Waals surface area contributed by atoms with E-state index in [4.69, 9.17) is 4.42 Å². The van der Waals surface area contributed by atoms with Gasteiger partial charge < -0.3 is 15.1 Å². The van der Waals surface area contributed by atoms with Gasteiger partial charge in [0.2, 0.25) is 5.91 Å². The molecule has 1 amide bonds. The molecule has 17 heavy (non-hydrogen) atoms. The highest BCUT2D eigenvalue weighted by Crippen LogP contribution is 2.24. The van der Waals surface area contributed by atoms with Gasteiger partial charge in [0.25, 0.3) is 0 Å². The lowest BCUT2D eigenvalue weighted by molar-refractivity contribution is -0.119. The number of hydrogen-bond acceptors (Lipinski definition) is 3. The summed E-state index contributed by atoms with van der Waals surface area (Å²) < 4.78 is 5.64.